The molecule has 0 bridgehead atoms. The molecule has 0 radical (unpaired) electrons. The molecule has 0 spiro atoms. The van der Waals surface area contributed by atoms with E-state index in [1.54, 1.807) is 6.07 Å². The summed E-state index contributed by atoms with van der Waals surface area (Å²) in [5.74, 6) is -1.18. The highest BCUT2D eigenvalue weighted by molar-refractivity contribution is 5.97. The Morgan fingerprint density at radius 3 is 2.51 bits per heavy atom. The van der Waals surface area contributed by atoms with Gasteiger partial charge in [0.15, 0.2) is 0 Å². The number of likely N-dealkylation sites (tertiary alicyclic amines) is 2. The van der Waals surface area contributed by atoms with E-state index < -0.39 is 29.8 Å². The first kappa shape index (κ1) is 35.1. The van der Waals surface area contributed by atoms with Crippen LogP contribution in [0.2, 0.25) is 0 Å². The van der Waals surface area contributed by atoms with E-state index in [0.717, 1.165) is 37.1 Å². The normalized spacial score (nSPS) is 22.2. The molecular weight excluding hydrogens is 647 g/mol. The minimum absolute atomic E-state index is 0.000999. The number of hydrogen-bond donors (Lipinski definition) is 3. The van der Waals surface area contributed by atoms with Gasteiger partial charge in [-0.05, 0) is 125 Å². The van der Waals surface area contributed by atoms with E-state index in [9.17, 15) is 23.9 Å². The number of halogens is 1. The Hall–Kier alpha value is -4.35. The minimum Gasteiger partial charge on any atom is -0.391 e. The van der Waals surface area contributed by atoms with Gasteiger partial charge in [0.05, 0.1) is 24.2 Å². The van der Waals surface area contributed by atoms with E-state index >= 15 is 0 Å². The van der Waals surface area contributed by atoms with Crippen LogP contribution < -0.4 is 15.5 Å². The molecule has 3 atom stereocenters. The van der Waals surface area contributed by atoms with E-state index in [2.05, 4.69) is 62.8 Å². The smallest absolute Gasteiger partial charge is 0.270 e. The monoisotopic (exact) mass is 696 g/mol. The average Bonchev–Trinajstić information content (AvgIpc) is 3.85. The molecule has 3 N–H and O–H groups in total. The van der Waals surface area contributed by atoms with Crippen molar-refractivity contribution in [3.05, 3.63) is 77.2 Å². The number of hydrogen-bond acceptors (Lipinski definition) is 7. The maximum absolute atomic E-state index is 13.8. The Bertz CT molecular complexity index is 1800. The van der Waals surface area contributed by atoms with Gasteiger partial charge >= 0.3 is 0 Å². The van der Waals surface area contributed by atoms with Crippen molar-refractivity contribution in [2.75, 3.05) is 38.1 Å². The molecule has 10 nitrogen and oxygen atoms in total. The number of aromatic nitrogens is 1. The number of β-amino-alcohol motifs (C(OH)–C–C–N with tert-alkyl or cyclic N) is 1. The third-order valence-corrected chi connectivity index (χ3v) is 11.1. The third-order valence-electron chi connectivity index (χ3n) is 11.1. The summed E-state index contributed by atoms with van der Waals surface area (Å²) < 4.78 is 13.5. The number of nitrogens with one attached hydrogen (secondary N) is 2. The van der Waals surface area contributed by atoms with Gasteiger partial charge in [0.2, 0.25) is 11.8 Å². The Balaban J connectivity index is 1.03. The summed E-state index contributed by atoms with van der Waals surface area (Å²) in [6, 6.07) is 13.7. The van der Waals surface area contributed by atoms with Crippen molar-refractivity contribution >= 4 is 40.4 Å². The number of carbonyl (C=O) groups is 3. The summed E-state index contributed by atoms with van der Waals surface area (Å²) in [5, 5.41) is 16.8. The van der Waals surface area contributed by atoms with Crippen LogP contribution in [0, 0.1) is 11.7 Å². The van der Waals surface area contributed by atoms with Crippen molar-refractivity contribution in [3.63, 3.8) is 0 Å². The number of allylic oxidation sites excluding steroid dienone is 1. The molecule has 3 aromatic rings. The molecule has 1 unspecified atom stereocenters. The van der Waals surface area contributed by atoms with Crippen LogP contribution in [0.5, 0.6) is 0 Å². The fourth-order valence-corrected chi connectivity index (χ4v) is 7.74. The molecule has 270 valence electrons. The first-order valence-electron chi connectivity index (χ1n) is 18.5. The molecule has 3 amide bonds. The zero-order valence-corrected chi connectivity index (χ0v) is 29.6. The van der Waals surface area contributed by atoms with Gasteiger partial charge in [-0.3, -0.25) is 14.4 Å². The lowest BCUT2D eigenvalue weighted by molar-refractivity contribution is -0.138. The molecule has 2 aliphatic heterocycles. The van der Waals surface area contributed by atoms with Crippen molar-refractivity contribution in [2.45, 2.75) is 88.6 Å². The van der Waals surface area contributed by atoms with Crippen LogP contribution in [0.15, 0.2) is 54.6 Å². The Labute approximate surface area is 299 Å². The second-order valence-electron chi connectivity index (χ2n) is 14.9. The number of carbonyl (C=O) groups excluding carboxylic acids is 3. The van der Waals surface area contributed by atoms with E-state index in [1.165, 1.54) is 67.0 Å². The van der Waals surface area contributed by atoms with Gasteiger partial charge in [-0.25, -0.2) is 9.37 Å². The average molecular weight is 697 g/mol. The number of amides is 3. The predicted molar refractivity (Wildman–Crippen MR) is 196 cm³/mol. The molecule has 4 fully saturated rings. The van der Waals surface area contributed by atoms with E-state index in [0.29, 0.717) is 28.9 Å². The van der Waals surface area contributed by atoms with Gasteiger partial charge in [-0.15, -0.1) is 0 Å². The fraction of sp³-hybridized carbons (Fsp3) is 0.500. The number of pyridine rings is 1. The second-order valence-corrected chi connectivity index (χ2v) is 14.9. The number of nitrogens with zero attached hydrogens (tertiary/aromatic N) is 4. The largest absolute Gasteiger partial charge is 0.391 e. The lowest BCUT2D eigenvalue weighted by Gasteiger charge is -2.47. The van der Waals surface area contributed by atoms with Gasteiger partial charge in [-0.1, -0.05) is 24.3 Å². The quantitative estimate of drug-likeness (QED) is 0.263. The van der Waals surface area contributed by atoms with Crippen LogP contribution in [0.4, 0.5) is 10.1 Å². The number of aliphatic hydroxyl groups excluding tert-OH is 1. The summed E-state index contributed by atoms with van der Waals surface area (Å²) in [7, 11) is 2.20. The number of fused-ring (bicyclic) bond motifs is 1. The molecule has 2 saturated heterocycles. The molecule has 4 aliphatic rings. The van der Waals surface area contributed by atoms with Gasteiger partial charge in [0, 0.05) is 36.1 Å². The van der Waals surface area contributed by atoms with Crippen LogP contribution in [0.25, 0.3) is 17.0 Å². The molecule has 7 rings (SSSR count). The molecule has 11 heteroatoms. The Morgan fingerprint density at radius 1 is 1.02 bits per heavy atom. The van der Waals surface area contributed by atoms with Crippen molar-refractivity contribution in [1.29, 1.82) is 0 Å². The second kappa shape index (κ2) is 15.1. The topological polar surface area (TPSA) is 118 Å². The van der Waals surface area contributed by atoms with E-state index in [4.69, 9.17) is 0 Å². The number of piperidine rings is 1. The zero-order chi connectivity index (χ0) is 35.6. The van der Waals surface area contributed by atoms with Crippen molar-refractivity contribution < 1.29 is 23.9 Å². The van der Waals surface area contributed by atoms with Crippen molar-refractivity contribution in [1.82, 2.24) is 25.4 Å². The number of benzene rings is 2. The lowest BCUT2D eigenvalue weighted by atomic mass is 9.87. The molecule has 2 aromatic carbocycles. The molecule has 3 heterocycles. The van der Waals surface area contributed by atoms with Crippen LogP contribution >= 0.6 is 0 Å². The summed E-state index contributed by atoms with van der Waals surface area (Å²) in [4.78, 5) is 50.7. The number of rotatable bonds is 11. The Kier molecular flexibility index (Phi) is 10.4. The van der Waals surface area contributed by atoms with Crippen molar-refractivity contribution in [3.8, 4) is 0 Å². The first-order chi connectivity index (χ1) is 24.6. The van der Waals surface area contributed by atoms with Crippen LogP contribution in [-0.2, 0) is 9.59 Å². The maximum atomic E-state index is 13.8. The van der Waals surface area contributed by atoms with E-state index in [-0.39, 0.29) is 37.2 Å². The van der Waals surface area contributed by atoms with E-state index in [1.807, 2.05) is 6.92 Å². The van der Waals surface area contributed by atoms with Crippen molar-refractivity contribution in [2.24, 2.45) is 5.92 Å². The van der Waals surface area contributed by atoms with Gasteiger partial charge in [0.25, 0.3) is 5.91 Å². The summed E-state index contributed by atoms with van der Waals surface area (Å²) in [5.41, 5.74) is 3.90. The van der Waals surface area contributed by atoms with Crippen LogP contribution in [-0.4, -0.2) is 95.1 Å². The molecule has 1 aromatic heterocycles. The minimum atomic E-state index is -0.871. The van der Waals surface area contributed by atoms with Crippen LogP contribution in [0.3, 0.4) is 0 Å². The predicted octanol–water partition coefficient (Wildman–Crippen LogP) is 4.82. The highest BCUT2D eigenvalue weighted by Crippen LogP contribution is 2.37. The molecule has 2 aliphatic carbocycles. The summed E-state index contributed by atoms with van der Waals surface area (Å²) in [6.07, 6.45) is 12.2. The fourth-order valence-electron chi connectivity index (χ4n) is 7.74. The number of anilines is 1. The molecule has 2 saturated carbocycles. The lowest BCUT2D eigenvalue weighted by Crippen LogP contribution is -2.51. The maximum Gasteiger partial charge on any atom is 0.270 e. The van der Waals surface area contributed by atoms with Gasteiger partial charge in [-0.2, -0.15) is 0 Å². The Morgan fingerprint density at radius 2 is 1.78 bits per heavy atom. The zero-order valence-electron chi connectivity index (χ0n) is 29.6. The number of aliphatic hydroxyl groups is 1. The van der Waals surface area contributed by atoms with Gasteiger partial charge in [0.1, 0.15) is 17.6 Å². The highest BCUT2D eigenvalue weighted by Gasteiger charge is 2.39. The first-order valence-corrected chi connectivity index (χ1v) is 18.5. The third kappa shape index (κ3) is 8.10. The summed E-state index contributed by atoms with van der Waals surface area (Å²) in [6.45, 7) is 3.82. The standard InChI is InChI=1S/C40H49FN6O4/c1-25(34-13-12-32(21-27(34)9-8-26-6-7-26)47(30-4-3-5-30)31-16-18-45(2)19-17-31)43-40(51)37-22-33(48)24-46(37)38(49)23-42-39(50)36-14-10-28-20-29(41)11-15-35(28)44-36/h8-15,20-21,25-26,30-31,33,37,48H,3-7,16-19,22-24H2,1-2H3,(H,42,50)(H,43,51)/b9-8+/t25?,33-,37+/m1/s1. The highest BCUT2D eigenvalue weighted by atomic mass is 19.1. The summed E-state index contributed by atoms with van der Waals surface area (Å²) >= 11 is 0. The van der Waals surface area contributed by atoms with Gasteiger partial charge < -0.3 is 30.4 Å². The van der Waals surface area contributed by atoms with Crippen LogP contribution in [0.1, 0.15) is 85.9 Å². The molecular formula is C40H49FN6O4. The SMILES string of the molecule is CC(NC(=O)[C@@H]1C[C@@H](O)CN1C(=O)CNC(=O)c1ccc2cc(F)ccc2n1)c1ccc(N(C2CCC2)C2CCN(C)CC2)cc1/C=C/C1CC1. The molecule has 51 heavy (non-hydrogen) atoms.